The largest absolute Gasteiger partial charge is 0.291 e. The maximum absolute atomic E-state index is 12.9. The fourth-order valence-electron chi connectivity index (χ4n) is 1.11. The third kappa shape index (κ3) is 2.18. The summed E-state index contributed by atoms with van der Waals surface area (Å²) in [6.07, 6.45) is 0. The van der Waals surface area contributed by atoms with Crippen LogP contribution in [0.15, 0.2) is 18.2 Å². The fraction of sp³-hybridized carbons (Fsp3) is 0.182. The van der Waals surface area contributed by atoms with Crippen molar-refractivity contribution in [3.05, 3.63) is 35.1 Å². The number of nitrogens with zero attached hydrogens (tertiary/aromatic N) is 2. The molecule has 0 fully saturated rings. The summed E-state index contributed by atoms with van der Waals surface area (Å²) in [5.41, 5.74) is 0.498. The van der Waals surface area contributed by atoms with Crippen molar-refractivity contribution in [2.75, 3.05) is 0 Å². The Morgan fingerprint density at radius 2 is 2.00 bits per heavy atom. The molecule has 0 spiro atoms. The van der Waals surface area contributed by atoms with Gasteiger partial charge in [0.2, 0.25) is 0 Å². The number of Topliss-reactive ketones (excluding diaryl/α,β-unsaturated/α-hetero) is 1. The second-order valence-corrected chi connectivity index (χ2v) is 3.02. The van der Waals surface area contributed by atoms with Gasteiger partial charge in [0, 0.05) is 5.56 Å². The van der Waals surface area contributed by atoms with Crippen molar-refractivity contribution in [2.45, 2.75) is 6.92 Å². The van der Waals surface area contributed by atoms with Crippen LogP contribution >= 0.6 is 0 Å². The Morgan fingerprint density at radius 3 is 2.47 bits per heavy atom. The smallest absolute Gasteiger partial charge is 0.195 e. The molecule has 0 aromatic heterocycles. The Kier molecular flexibility index (Phi) is 3.15. The van der Waals surface area contributed by atoms with Gasteiger partial charge >= 0.3 is 0 Å². The lowest BCUT2D eigenvalue weighted by Crippen LogP contribution is -2.11. The van der Waals surface area contributed by atoms with Crippen LogP contribution in [0.1, 0.15) is 15.9 Å². The van der Waals surface area contributed by atoms with Crippen LogP contribution in [0.3, 0.4) is 0 Å². The Hall–Kier alpha value is -2.20. The topological polar surface area (TPSA) is 64.7 Å². The summed E-state index contributed by atoms with van der Waals surface area (Å²) in [4.78, 5) is 11.5. The molecule has 3 nitrogen and oxygen atoms in total. The number of benzene rings is 1. The van der Waals surface area contributed by atoms with Gasteiger partial charge in [-0.1, -0.05) is 0 Å². The second kappa shape index (κ2) is 4.34. The van der Waals surface area contributed by atoms with E-state index in [0.29, 0.717) is 5.56 Å². The molecule has 0 unspecified atom stereocenters. The molecular weight excluding hydrogens is 195 g/mol. The predicted molar refractivity (Wildman–Crippen MR) is 50.2 cm³/mol. The van der Waals surface area contributed by atoms with E-state index in [2.05, 4.69) is 0 Å². The first-order valence-electron chi connectivity index (χ1n) is 4.19. The monoisotopic (exact) mass is 202 g/mol. The van der Waals surface area contributed by atoms with Gasteiger partial charge in [-0.15, -0.1) is 0 Å². The lowest BCUT2D eigenvalue weighted by molar-refractivity contribution is 0.0970. The molecule has 0 N–H and O–H groups in total. The number of nitriles is 2. The van der Waals surface area contributed by atoms with Crippen molar-refractivity contribution < 1.29 is 9.18 Å². The van der Waals surface area contributed by atoms with E-state index in [1.165, 1.54) is 19.1 Å². The first kappa shape index (κ1) is 10.9. The predicted octanol–water partition coefficient (Wildman–Crippen LogP) is 1.98. The first-order valence-corrected chi connectivity index (χ1v) is 4.19. The molecule has 0 atom stereocenters. The molecule has 1 aromatic rings. The number of aryl methyl sites for hydroxylation is 1. The van der Waals surface area contributed by atoms with Gasteiger partial charge in [-0.2, -0.15) is 10.5 Å². The van der Waals surface area contributed by atoms with Crippen LogP contribution < -0.4 is 0 Å². The number of rotatable bonds is 2. The minimum absolute atomic E-state index is 0.182. The van der Waals surface area contributed by atoms with E-state index in [0.717, 1.165) is 6.07 Å². The molecule has 74 valence electrons. The van der Waals surface area contributed by atoms with E-state index < -0.39 is 17.5 Å². The van der Waals surface area contributed by atoms with Gasteiger partial charge in [0.25, 0.3) is 0 Å². The van der Waals surface area contributed by atoms with Gasteiger partial charge in [0.15, 0.2) is 11.7 Å². The van der Waals surface area contributed by atoms with Crippen molar-refractivity contribution in [3.8, 4) is 12.1 Å². The van der Waals surface area contributed by atoms with Gasteiger partial charge in [-0.05, 0) is 30.7 Å². The van der Waals surface area contributed by atoms with E-state index >= 15 is 0 Å². The van der Waals surface area contributed by atoms with Gasteiger partial charge in [-0.3, -0.25) is 4.79 Å². The average molecular weight is 202 g/mol. The molecular formula is C11H7FN2O. The number of carbonyl (C=O) groups is 1. The van der Waals surface area contributed by atoms with Crippen LogP contribution in [-0.2, 0) is 0 Å². The lowest BCUT2D eigenvalue weighted by atomic mass is 9.99. The number of ketones is 1. The lowest BCUT2D eigenvalue weighted by Gasteiger charge is -2.02. The summed E-state index contributed by atoms with van der Waals surface area (Å²) in [6, 6.07) is 6.91. The first-order chi connectivity index (χ1) is 7.10. The molecule has 0 aliphatic rings. The maximum Gasteiger partial charge on any atom is 0.195 e. The molecule has 0 bridgehead atoms. The minimum atomic E-state index is -1.32. The quantitative estimate of drug-likeness (QED) is 0.688. The van der Waals surface area contributed by atoms with Crippen molar-refractivity contribution >= 4 is 5.78 Å². The molecule has 0 saturated carbocycles. The summed E-state index contributed by atoms with van der Waals surface area (Å²) >= 11 is 0. The average Bonchev–Trinajstić information content (AvgIpc) is 2.23. The molecule has 1 rings (SSSR count). The highest BCUT2D eigenvalue weighted by atomic mass is 19.1. The summed E-state index contributed by atoms with van der Waals surface area (Å²) in [7, 11) is 0. The van der Waals surface area contributed by atoms with E-state index in [9.17, 15) is 9.18 Å². The highest BCUT2D eigenvalue weighted by Crippen LogP contribution is 2.13. The third-order valence-corrected chi connectivity index (χ3v) is 1.96. The zero-order chi connectivity index (χ0) is 11.4. The Bertz CT molecular complexity index is 468. The molecule has 4 heteroatoms. The Balaban J connectivity index is 3.09. The minimum Gasteiger partial charge on any atom is -0.291 e. The van der Waals surface area contributed by atoms with Crippen LogP contribution in [0.2, 0.25) is 0 Å². The van der Waals surface area contributed by atoms with Crippen LogP contribution in [0.5, 0.6) is 0 Å². The Labute approximate surface area is 86.4 Å². The van der Waals surface area contributed by atoms with Crippen molar-refractivity contribution in [3.63, 3.8) is 0 Å². The SMILES string of the molecule is Cc1cc(C(=O)C(C#N)C#N)ccc1F. The number of halogens is 1. The Morgan fingerprint density at radius 1 is 1.40 bits per heavy atom. The highest BCUT2D eigenvalue weighted by Gasteiger charge is 2.19. The molecule has 0 aliphatic carbocycles. The van der Waals surface area contributed by atoms with Gasteiger partial charge in [-0.25, -0.2) is 4.39 Å². The maximum atomic E-state index is 12.9. The molecule has 0 radical (unpaired) electrons. The van der Waals surface area contributed by atoms with Crippen molar-refractivity contribution in [1.29, 1.82) is 10.5 Å². The normalized spacial score (nSPS) is 9.40. The third-order valence-electron chi connectivity index (χ3n) is 1.96. The van der Waals surface area contributed by atoms with Crippen LogP contribution in [0, 0.1) is 41.3 Å². The zero-order valence-electron chi connectivity index (χ0n) is 7.99. The van der Waals surface area contributed by atoms with E-state index in [1.807, 2.05) is 0 Å². The highest BCUT2D eigenvalue weighted by molar-refractivity contribution is 6.01. The van der Waals surface area contributed by atoms with Gasteiger partial charge in [0.1, 0.15) is 5.82 Å². The second-order valence-electron chi connectivity index (χ2n) is 3.02. The molecule has 0 heterocycles. The molecule has 0 saturated heterocycles. The summed E-state index contributed by atoms with van der Waals surface area (Å²) in [5.74, 6) is -2.34. The van der Waals surface area contributed by atoms with Crippen LogP contribution in [0.25, 0.3) is 0 Å². The van der Waals surface area contributed by atoms with E-state index in [4.69, 9.17) is 10.5 Å². The molecule has 0 amide bonds. The molecule has 15 heavy (non-hydrogen) atoms. The molecule has 0 aliphatic heterocycles. The number of hydrogen-bond donors (Lipinski definition) is 0. The number of hydrogen-bond acceptors (Lipinski definition) is 3. The summed E-state index contributed by atoms with van der Waals surface area (Å²) in [6.45, 7) is 1.51. The zero-order valence-corrected chi connectivity index (χ0v) is 7.99. The standard InChI is InChI=1S/C11H7FN2O/c1-7-4-8(2-3-10(7)12)11(15)9(5-13)6-14/h2-4,9H,1H3. The van der Waals surface area contributed by atoms with Crippen LogP contribution in [0.4, 0.5) is 4.39 Å². The van der Waals surface area contributed by atoms with E-state index in [-0.39, 0.29) is 5.56 Å². The van der Waals surface area contributed by atoms with Crippen molar-refractivity contribution in [1.82, 2.24) is 0 Å². The number of carbonyl (C=O) groups excluding carboxylic acids is 1. The van der Waals surface area contributed by atoms with Gasteiger partial charge < -0.3 is 0 Å². The van der Waals surface area contributed by atoms with E-state index in [1.54, 1.807) is 12.1 Å². The fourth-order valence-corrected chi connectivity index (χ4v) is 1.11. The summed E-state index contributed by atoms with van der Waals surface area (Å²) < 4.78 is 12.9. The summed E-state index contributed by atoms with van der Waals surface area (Å²) in [5, 5.41) is 17.0. The molecule has 1 aromatic carbocycles. The van der Waals surface area contributed by atoms with Crippen molar-refractivity contribution in [2.24, 2.45) is 5.92 Å². The van der Waals surface area contributed by atoms with Gasteiger partial charge in [0.05, 0.1) is 12.1 Å². The van der Waals surface area contributed by atoms with Crippen LogP contribution in [-0.4, -0.2) is 5.78 Å².